The SMILES string of the molecule is CC1(c2cc(NC(=O)c3ccc(OC(F)F)cn3)ccc2F)N=C(N)COCC1(F)F.O=CO. The topological polar surface area (TPSA) is 136 Å². The third-order valence-electron chi connectivity index (χ3n) is 4.56. The normalized spacial score (nSPS) is 19.2. The van der Waals surface area contributed by atoms with Crippen molar-refractivity contribution in [1.82, 2.24) is 4.98 Å². The van der Waals surface area contributed by atoms with Gasteiger partial charge in [-0.1, -0.05) is 0 Å². The van der Waals surface area contributed by atoms with Crippen molar-refractivity contribution in [3.63, 3.8) is 0 Å². The number of carbonyl (C=O) groups excluding carboxylic acids is 1. The van der Waals surface area contributed by atoms with Gasteiger partial charge in [-0.15, -0.1) is 0 Å². The fourth-order valence-corrected chi connectivity index (χ4v) is 2.94. The van der Waals surface area contributed by atoms with Crippen LogP contribution in [0.1, 0.15) is 23.0 Å². The minimum atomic E-state index is -3.60. The number of amides is 1. The van der Waals surface area contributed by atoms with Crippen molar-refractivity contribution in [2.45, 2.75) is 25.0 Å². The Kier molecular flexibility index (Phi) is 8.46. The Morgan fingerprint density at radius 2 is 2.00 bits per heavy atom. The number of hydrogen-bond donors (Lipinski definition) is 3. The van der Waals surface area contributed by atoms with E-state index in [2.05, 4.69) is 20.0 Å². The predicted octanol–water partition coefficient (Wildman–Crippen LogP) is 3.01. The first-order valence-corrected chi connectivity index (χ1v) is 9.33. The van der Waals surface area contributed by atoms with Crippen LogP contribution in [0, 0.1) is 5.82 Å². The summed E-state index contributed by atoms with van der Waals surface area (Å²) in [5.41, 5.74) is 2.51. The number of rotatable bonds is 5. The lowest BCUT2D eigenvalue weighted by molar-refractivity contribution is -0.122. The van der Waals surface area contributed by atoms with Gasteiger partial charge in [-0.05, 0) is 37.3 Å². The number of anilines is 1. The molecule has 3 rings (SSSR count). The van der Waals surface area contributed by atoms with Crippen molar-refractivity contribution in [2.75, 3.05) is 18.5 Å². The molecule has 2 aromatic rings. The number of carboxylic acid groups (broad SMARTS) is 1. The molecule has 1 unspecified atom stereocenters. The summed E-state index contributed by atoms with van der Waals surface area (Å²) in [6.45, 7) is -3.65. The minimum Gasteiger partial charge on any atom is -0.483 e. The number of nitrogens with zero attached hydrogens (tertiary/aromatic N) is 2. The maximum atomic E-state index is 14.7. The summed E-state index contributed by atoms with van der Waals surface area (Å²) in [6, 6.07) is 5.30. The summed E-state index contributed by atoms with van der Waals surface area (Å²) >= 11 is 0. The van der Waals surface area contributed by atoms with Crippen LogP contribution in [0.4, 0.5) is 27.6 Å². The number of halogens is 5. The summed E-state index contributed by atoms with van der Waals surface area (Å²) in [5.74, 6) is -5.85. The molecule has 1 aliphatic heterocycles. The van der Waals surface area contributed by atoms with Crippen LogP contribution in [0.25, 0.3) is 0 Å². The van der Waals surface area contributed by atoms with Gasteiger partial charge in [0, 0.05) is 11.3 Å². The summed E-state index contributed by atoms with van der Waals surface area (Å²) in [6.07, 6.45) is 0.918. The Bertz CT molecular complexity index is 1050. The Hall–Kier alpha value is -3.81. The van der Waals surface area contributed by atoms with Gasteiger partial charge in [0.05, 0.1) is 6.20 Å². The van der Waals surface area contributed by atoms with Crippen molar-refractivity contribution >= 4 is 23.9 Å². The molecule has 0 fully saturated rings. The van der Waals surface area contributed by atoms with E-state index in [0.717, 1.165) is 43.5 Å². The van der Waals surface area contributed by atoms with Gasteiger partial charge in [-0.25, -0.2) is 18.2 Å². The number of alkyl halides is 4. The number of hydrogen-bond acceptors (Lipinski definition) is 7. The maximum absolute atomic E-state index is 14.7. The lowest BCUT2D eigenvalue weighted by Crippen LogP contribution is -2.45. The van der Waals surface area contributed by atoms with E-state index in [9.17, 15) is 26.7 Å². The Balaban J connectivity index is 0.00000129. The van der Waals surface area contributed by atoms with E-state index in [0.29, 0.717) is 0 Å². The van der Waals surface area contributed by atoms with Gasteiger partial charge in [-0.3, -0.25) is 14.6 Å². The van der Waals surface area contributed by atoms with E-state index in [-0.39, 0.29) is 36.0 Å². The minimum absolute atomic E-state index is 0.0212. The molecule has 184 valence electrons. The fraction of sp³-hybridized carbons (Fsp3) is 0.300. The maximum Gasteiger partial charge on any atom is 0.387 e. The van der Waals surface area contributed by atoms with Gasteiger partial charge >= 0.3 is 6.61 Å². The van der Waals surface area contributed by atoms with Gasteiger partial charge in [0.2, 0.25) is 0 Å². The van der Waals surface area contributed by atoms with Crippen molar-refractivity contribution in [3.8, 4) is 5.75 Å². The molecule has 1 aromatic carbocycles. The molecule has 0 bridgehead atoms. The number of aliphatic imine (C=N–C) groups is 1. The number of amidine groups is 1. The Morgan fingerprint density at radius 3 is 2.59 bits per heavy atom. The summed E-state index contributed by atoms with van der Waals surface area (Å²) in [5, 5.41) is 9.27. The van der Waals surface area contributed by atoms with E-state index < -0.39 is 42.0 Å². The zero-order chi connectivity index (χ0) is 25.5. The second-order valence-corrected chi connectivity index (χ2v) is 6.88. The summed E-state index contributed by atoms with van der Waals surface area (Å²) in [7, 11) is 0. The van der Waals surface area contributed by atoms with Crippen molar-refractivity contribution in [1.29, 1.82) is 0 Å². The van der Waals surface area contributed by atoms with Crippen LogP contribution in [-0.2, 0) is 15.1 Å². The van der Waals surface area contributed by atoms with Crippen molar-refractivity contribution in [2.24, 2.45) is 10.7 Å². The van der Waals surface area contributed by atoms with Crippen LogP contribution in [0.2, 0.25) is 0 Å². The number of carbonyl (C=O) groups is 2. The van der Waals surface area contributed by atoms with E-state index >= 15 is 0 Å². The molecular weight excluding hydrogens is 471 g/mol. The number of ether oxygens (including phenoxy) is 2. The predicted molar refractivity (Wildman–Crippen MR) is 109 cm³/mol. The molecule has 0 radical (unpaired) electrons. The Morgan fingerprint density at radius 1 is 1.32 bits per heavy atom. The molecule has 0 saturated carbocycles. The van der Waals surface area contributed by atoms with Crippen LogP contribution in [0.5, 0.6) is 5.75 Å². The standard InChI is InChI=1S/C19H17F5N4O3.CH2O2/c1-18(19(23,24)9-30-8-15(25)28-18)12-6-10(2-4-13(12)20)27-16(29)14-5-3-11(7-26-14)31-17(21)22;2-1-3/h2-7,17H,8-9H2,1H3,(H2,25,28)(H,27,29);1H,(H,2,3). The lowest BCUT2D eigenvalue weighted by atomic mass is 9.85. The molecule has 34 heavy (non-hydrogen) atoms. The number of benzene rings is 1. The highest BCUT2D eigenvalue weighted by molar-refractivity contribution is 6.02. The van der Waals surface area contributed by atoms with Crippen LogP contribution >= 0.6 is 0 Å². The van der Waals surface area contributed by atoms with Crippen LogP contribution in [0.3, 0.4) is 0 Å². The Labute approximate surface area is 189 Å². The number of pyridine rings is 1. The highest BCUT2D eigenvalue weighted by atomic mass is 19.3. The van der Waals surface area contributed by atoms with E-state index in [1.54, 1.807) is 0 Å². The van der Waals surface area contributed by atoms with Crippen LogP contribution < -0.4 is 15.8 Å². The first-order chi connectivity index (χ1) is 15.9. The molecule has 1 aliphatic rings. The summed E-state index contributed by atoms with van der Waals surface area (Å²) in [4.78, 5) is 28.2. The number of aromatic nitrogens is 1. The van der Waals surface area contributed by atoms with Gasteiger partial charge in [0.15, 0.2) is 5.54 Å². The molecule has 2 heterocycles. The molecule has 4 N–H and O–H groups in total. The van der Waals surface area contributed by atoms with Crippen molar-refractivity contribution < 1.29 is 46.1 Å². The fourth-order valence-electron chi connectivity index (χ4n) is 2.94. The molecule has 1 aromatic heterocycles. The molecule has 14 heteroatoms. The highest BCUT2D eigenvalue weighted by Crippen LogP contribution is 2.44. The first kappa shape index (κ1) is 26.4. The molecule has 0 aliphatic carbocycles. The third kappa shape index (κ3) is 6.15. The largest absolute Gasteiger partial charge is 0.483 e. The quantitative estimate of drug-likeness (QED) is 0.433. The molecule has 0 saturated heterocycles. The molecule has 1 amide bonds. The number of nitrogens with two attached hydrogens (primary N) is 1. The first-order valence-electron chi connectivity index (χ1n) is 9.33. The monoisotopic (exact) mass is 490 g/mol. The van der Waals surface area contributed by atoms with Gasteiger partial charge < -0.3 is 25.6 Å². The van der Waals surface area contributed by atoms with Gasteiger partial charge in [0.1, 0.15) is 36.3 Å². The molecule has 0 spiro atoms. The second kappa shape index (κ2) is 10.9. The molecular formula is C20H19F5N4O5. The molecule has 9 nitrogen and oxygen atoms in total. The number of nitrogens with one attached hydrogen (secondary N) is 1. The van der Waals surface area contributed by atoms with E-state index in [1.807, 2.05) is 0 Å². The zero-order valence-electron chi connectivity index (χ0n) is 17.5. The third-order valence-corrected chi connectivity index (χ3v) is 4.56. The summed E-state index contributed by atoms with van der Waals surface area (Å²) < 4.78 is 77.3. The van der Waals surface area contributed by atoms with Crippen LogP contribution in [0.15, 0.2) is 41.5 Å². The average Bonchev–Trinajstić information content (AvgIpc) is 2.85. The zero-order valence-corrected chi connectivity index (χ0v) is 17.5. The van der Waals surface area contributed by atoms with E-state index in [4.69, 9.17) is 20.4 Å². The lowest BCUT2D eigenvalue weighted by Gasteiger charge is -2.33. The van der Waals surface area contributed by atoms with Gasteiger partial charge in [0.25, 0.3) is 18.3 Å². The average molecular weight is 490 g/mol. The second-order valence-electron chi connectivity index (χ2n) is 6.88. The van der Waals surface area contributed by atoms with Crippen molar-refractivity contribution in [3.05, 3.63) is 53.6 Å². The smallest absolute Gasteiger partial charge is 0.387 e. The molecule has 1 atom stereocenters. The van der Waals surface area contributed by atoms with E-state index in [1.165, 1.54) is 0 Å². The highest BCUT2D eigenvalue weighted by Gasteiger charge is 2.54. The van der Waals surface area contributed by atoms with Gasteiger partial charge in [-0.2, -0.15) is 8.78 Å². The van der Waals surface area contributed by atoms with Crippen LogP contribution in [-0.4, -0.2) is 54.1 Å².